The number of hydrogen-bond donors (Lipinski definition) is 2. The predicted octanol–water partition coefficient (Wildman–Crippen LogP) is 1.50. The first kappa shape index (κ1) is 14.9. The monoisotopic (exact) mass is 265 g/mol. The molecule has 0 spiro atoms. The van der Waals surface area contributed by atoms with Crippen molar-refractivity contribution in [1.82, 2.24) is 15.2 Å². The van der Waals surface area contributed by atoms with Gasteiger partial charge in [-0.05, 0) is 19.1 Å². The van der Waals surface area contributed by atoms with Crippen LogP contribution in [0.15, 0.2) is 24.4 Å². The van der Waals surface area contributed by atoms with E-state index < -0.39 is 11.9 Å². The summed E-state index contributed by atoms with van der Waals surface area (Å²) in [5.41, 5.74) is 0.760. The lowest BCUT2D eigenvalue weighted by Gasteiger charge is -2.22. The molecule has 0 saturated carbocycles. The molecule has 0 aliphatic heterocycles. The van der Waals surface area contributed by atoms with Gasteiger partial charge >= 0.3 is 12.0 Å². The number of amides is 2. The lowest BCUT2D eigenvalue weighted by molar-refractivity contribution is -0.141. The summed E-state index contributed by atoms with van der Waals surface area (Å²) in [6, 6.07) is 4.94. The molecule has 0 fully saturated rings. The fourth-order valence-corrected chi connectivity index (χ4v) is 1.57. The Morgan fingerprint density at radius 2 is 2.11 bits per heavy atom. The second kappa shape index (κ2) is 6.72. The Balaban J connectivity index is 2.53. The minimum absolute atomic E-state index is 0.163. The molecule has 1 aromatic rings. The second-order valence-corrected chi connectivity index (χ2v) is 4.55. The summed E-state index contributed by atoms with van der Waals surface area (Å²) in [6.07, 6.45) is 1.66. The molecule has 0 saturated heterocycles. The van der Waals surface area contributed by atoms with E-state index in [-0.39, 0.29) is 18.6 Å². The average Bonchev–Trinajstić information content (AvgIpc) is 2.39. The van der Waals surface area contributed by atoms with E-state index in [2.05, 4.69) is 10.3 Å². The SMILES string of the molecule is CC(CN(C)C(=O)NC(C)c1ccccn1)C(=O)O. The number of carboxylic acid groups (broad SMARTS) is 1. The Morgan fingerprint density at radius 1 is 1.42 bits per heavy atom. The molecular formula is C13H19N3O3. The number of hydrogen-bond acceptors (Lipinski definition) is 3. The van der Waals surface area contributed by atoms with Crippen LogP contribution in [0, 0.1) is 5.92 Å². The molecule has 2 atom stereocenters. The molecule has 104 valence electrons. The van der Waals surface area contributed by atoms with Crippen LogP contribution in [-0.2, 0) is 4.79 Å². The highest BCUT2D eigenvalue weighted by atomic mass is 16.4. The summed E-state index contributed by atoms with van der Waals surface area (Å²) in [5, 5.41) is 11.6. The van der Waals surface area contributed by atoms with Gasteiger partial charge in [-0.2, -0.15) is 0 Å². The van der Waals surface area contributed by atoms with Gasteiger partial charge in [0.15, 0.2) is 0 Å². The molecule has 6 heteroatoms. The molecular weight excluding hydrogens is 246 g/mol. The first-order valence-electron chi connectivity index (χ1n) is 6.07. The number of carbonyl (C=O) groups is 2. The average molecular weight is 265 g/mol. The van der Waals surface area contributed by atoms with E-state index in [1.165, 1.54) is 4.90 Å². The third-order valence-electron chi connectivity index (χ3n) is 2.79. The van der Waals surface area contributed by atoms with Gasteiger partial charge in [0.05, 0.1) is 17.7 Å². The van der Waals surface area contributed by atoms with E-state index >= 15 is 0 Å². The zero-order valence-electron chi connectivity index (χ0n) is 11.3. The Kier molecular flexibility index (Phi) is 5.29. The maximum Gasteiger partial charge on any atom is 0.317 e. The number of rotatable bonds is 5. The number of aromatic nitrogens is 1. The summed E-state index contributed by atoms with van der Waals surface area (Å²) in [6.45, 7) is 3.55. The molecule has 1 aromatic heterocycles. The Hall–Kier alpha value is -2.11. The van der Waals surface area contributed by atoms with E-state index in [1.54, 1.807) is 26.2 Å². The molecule has 1 heterocycles. The molecule has 2 amide bonds. The molecule has 0 aromatic carbocycles. The van der Waals surface area contributed by atoms with Gasteiger partial charge in [0.1, 0.15) is 0 Å². The number of aliphatic carboxylic acids is 1. The van der Waals surface area contributed by atoms with Crippen molar-refractivity contribution < 1.29 is 14.7 Å². The van der Waals surface area contributed by atoms with Gasteiger partial charge in [0.2, 0.25) is 0 Å². The Morgan fingerprint density at radius 3 is 2.63 bits per heavy atom. The van der Waals surface area contributed by atoms with Gasteiger partial charge in [-0.1, -0.05) is 13.0 Å². The van der Waals surface area contributed by atoms with Gasteiger partial charge in [-0.15, -0.1) is 0 Å². The van der Waals surface area contributed by atoms with Crippen LogP contribution in [0.25, 0.3) is 0 Å². The first-order chi connectivity index (χ1) is 8.91. The predicted molar refractivity (Wildman–Crippen MR) is 70.6 cm³/mol. The number of carboxylic acids is 1. The lowest BCUT2D eigenvalue weighted by atomic mass is 10.2. The Bertz CT molecular complexity index is 436. The zero-order valence-corrected chi connectivity index (χ0v) is 11.3. The van der Waals surface area contributed by atoms with Crippen molar-refractivity contribution in [2.45, 2.75) is 19.9 Å². The van der Waals surface area contributed by atoms with Crippen molar-refractivity contribution in [2.24, 2.45) is 5.92 Å². The van der Waals surface area contributed by atoms with E-state index in [1.807, 2.05) is 19.1 Å². The van der Waals surface area contributed by atoms with Crippen molar-refractivity contribution in [2.75, 3.05) is 13.6 Å². The molecule has 0 aliphatic rings. The molecule has 1 rings (SSSR count). The molecule has 2 N–H and O–H groups in total. The highest BCUT2D eigenvalue weighted by Gasteiger charge is 2.19. The van der Waals surface area contributed by atoms with E-state index in [0.717, 1.165) is 5.69 Å². The summed E-state index contributed by atoms with van der Waals surface area (Å²) in [5.74, 6) is -1.52. The quantitative estimate of drug-likeness (QED) is 0.845. The number of carbonyl (C=O) groups excluding carboxylic acids is 1. The highest BCUT2D eigenvalue weighted by Crippen LogP contribution is 2.08. The van der Waals surface area contributed by atoms with E-state index in [4.69, 9.17) is 5.11 Å². The first-order valence-corrected chi connectivity index (χ1v) is 6.07. The van der Waals surface area contributed by atoms with Crippen LogP contribution in [-0.4, -0.2) is 40.6 Å². The van der Waals surface area contributed by atoms with Crippen LogP contribution in [0.1, 0.15) is 25.6 Å². The fraction of sp³-hybridized carbons (Fsp3) is 0.462. The molecule has 0 radical (unpaired) electrons. The minimum Gasteiger partial charge on any atom is -0.481 e. The highest BCUT2D eigenvalue weighted by molar-refractivity contribution is 5.76. The minimum atomic E-state index is -0.919. The van der Waals surface area contributed by atoms with Gasteiger partial charge in [0, 0.05) is 19.8 Å². The third-order valence-corrected chi connectivity index (χ3v) is 2.79. The van der Waals surface area contributed by atoms with Crippen LogP contribution < -0.4 is 5.32 Å². The van der Waals surface area contributed by atoms with E-state index in [0.29, 0.717) is 0 Å². The van der Waals surface area contributed by atoms with Gasteiger partial charge in [-0.3, -0.25) is 9.78 Å². The van der Waals surface area contributed by atoms with Gasteiger partial charge in [0.25, 0.3) is 0 Å². The number of nitrogens with zero attached hydrogens (tertiary/aromatic N) is 2. The standard InChI is InChI=1S/C13H19N3O3/c1-9(12(17)18)8-16(3)13(19)15-10(2)11-6-4-5-7-14-11/h4-7,9-10H,8H2,1-3H3,(H,15,19)(H,17,18). The maximum atomic E-state index is 11.9. The largest absolute Gasteiger partial charge is 0.481 e. The van der Waals surface area contributed by atoms with Gasteiger partial charge in [-0.25, -0.2) is 4.79 Å². The van der Waals surface area contributed by atoms with Crippen LogP contribution in [0.2, 0.25) is 0 Å². The summed E-state index contributed by atoms with van der Waals surface area (Å²) < 4.78 is 0. The topological polar surface area (TPSA) is 82.5 Å². The van der Waals surface area contributed by atoms with Crippen LogP contribution in [0.3, 0.4) is 0 Å². The zero-order chi connectivity index (χ0) is 14.4. The maximum absolute atomic E-state index is 11.9. The molecule has 6 nitrogen and oxygen atoms in total. The molecule has 2 unspecified atom stereocenters. The number of pyridine rings is 1. The van der Waals surface area contributed by atoms with Crippen molar-refractivity contribution in [3.05, 3.63) is 30.1 Å². The Labute approximate surface area is 112 Å². The number of nitrogens with one attached hydrogen (secondary N) is 1. The summed E-state index contributed by atoms with van der Waals surface area (Å²) in [4.78, 5) is 28.1. The third kappa shape index (κ3) is 4.57. The van der Waals surface area contributed by atoms with Crippen LogP contribution in [0.5, 0.6) is 0 Å². The van der Waals surface area contributed by atoms with E-state index in [9.17, 15) is 9.59 Å². The molecule has 19 heavy (non-hydrogen) atoms. The smallest absolute Gasteiger partial charge is 0.317 e. The van der Waals surface area contributed by atoms with Crippen LogP contribution >= 0.6 is 0 Å². The van der Waals surface area contributed by atoms with Gasteiger partial charge < -0.3 is 15.3 Å². The van der Waals surface area contributed by atoms with Crippen molar-refractivity contribution in [3.8, 4) is 0 Å². The lowest BCUT2D eigenvalue weighted by Crippen LogP contribution is -2.41. The van der Waals surface area contributed by atoms with Crippen molar-refractivity contribution in [1.29, 1.82) is 0 Å². The second-order valence-electron chi connectivity index (χ2n) is 4.55. The van der Waals surface area contributed by atoms with Crippen molar-refractivity contribution in [3.63, 3.8) is 0 Å². The van der Waals surface area contributed by atoms with Crippen molar-refractivity contribution >= 4 is 12.0 Å². The normalized spacial score (nSPS) is 13.4. The molecule has 0 bridgehead atoms. The summed E-state index contributed by atoms with van der Waals surface area (Å²) >= 11 is 0. The fourth-order valence-electron chi connectivity index (χ4n) is 1.57. The molecule has 0 aliphatic carbocycles. The van der Waals surface area contributed by atoms with Crippen LogP contribution in [0.4, 0.5) is 4.79 Å². The number of urea groups is 1. The summed E-state index contributed by atoms with van der Waals surface area (Å²) in [7, 11) is 1.57.